The number of halogens is 1. The van der Waals surface area contributed by atoms with E-state index >= 15 is 0 Å². The summed E-state index contributed by atoms with van der Waals surface area (Å²) in [7, 11) is 0. The van der Waals surface area contributed by atoms with Gasteiger partial charge in [-0.1, -0.05) is 30.3 Å². The molecule has 1 amide bonds. The molecule has 2 N–H and O–H groups in total. The highest BCUT2D eigenvalue weighted by Crippen LogP contribution is 2.27. The number of fused-ring (bicyclic) bond motifs is 2. The number of amides is 1. The van der Waals surface area contributed by atoms with Crippen molar-refractivity contribution in [3.8, 4) is 0 Å². The summed E-state index contributed by atoms with van der Waals surface area (Å²) in [5, 5.41) is 4.90. The molecule has 0 aliphatic rings. The summed E-state index contributed by atoms with van der Waals surface area (Å²) >= 11 is 1.56. The first kappa shape index (κ1) is 17.6. The molecule has 0 fully saturated rings. The molecule has 0 radical (unpaired) electrons. The summed E-state index contributed by atoms with van der Waals surface area (Å²) in [6, 6.07) is 18.2. The van der Waals surface area contributed by atoms with Gasteiger partial charge in [-0.2, -0.15) is 0 Å². The maximum Gasteiger partial charge on any atom is 0.268 e. The lowest BCUT2D eigenvalue weighted by molar-refractivity contribution is 0.0941. The van der Waals surface area contributed by atoms with E-state index in [1.807, 2.05) is 46.3 Å². The van der Waals surface area contributed by atoms with Crippen LogP contribution in [0.3, 0.4) is 0 Å². The molecule has 0 saturated heterocycles. The predicted octanol–water partition coefficient (Wildman–Crippen LogP) is 4.70. The lowest BCUT2D eigenvalue weighted by Crippen LogP contribution is -2.26. The third-order valence-corrected chi connectivity index (χ3v) is 5.75. The Morgan fingerprint density at radius 2 is 1.97 bits per heavy atom. The van der Waals surface area contributed by atoms with E-state index in [2.05, 4.69) is 15.3 Å². The number of imidazole rings is 1. The van der Waals surface area contributed by atoms with Gasteiger partial charge in [0.2, 0.25) is 0 Å². The Balaban J connectivity index is 1.42. The van der Waals surface area contributed by atoms with E-state index in [1.165, 1.54) is 6.07 Å². The van der Waals surface area contributed by atoms with Crippen molar-refractivity contribution in [2.45, 2.75) is 13.1 Å². The van der Waals surface area contributed by atoms with Crippen LogP contribution in [0.5, 0.6) is 0 Å². The quantitative estimate of drug-likeness (QED) is 0.446. The molecule has 5 nitrogen and oxygen atoms in total. The molecule has 0 bridgehead atoms. The second-order valence-corrected chi connectivity index (χ2v) is 7.71. The van der Waals surface area contributed by atoms with E-state index in [4.69, 9.17) is 0 Å². The van der Waals surface area contributed by atoms with Crippen LogP contribution in [0.15, 0.2) is 66.0 Å². The van der Waals surface area contributed by atoms with Crippen molar-refractivity contribution in [2.75, 3.05) is 0 Å². The zero-order valence-electron chi connectivity index (χ0n) is 15.4. The maximum absolute atomic E-state index is 14.2. The first-order valence-electron chi connectivity index (χ1n) is 9.21. The first-order chi connectivity index (χ1) is 14.2. The fourth-order valence-electron chi connectivity index (χ4n) is 3.48. The highest BCUT2D eigenvalue weighted by atomic mass is 32.1. The fourth-order valence-corrected chi connectivity index (χ4v) is 4.30. The number of benzene rings is 2. The summed E-state index contributed by atoms with van der Waals surface area (Å²) in [4.78, 5) is 20.6. The zero-order chi connectivity index (χ0) is 19.8. The minimum atomic E-state index is -0.279. The highest BCUT2D eigenvalue weighted by molar-refractivity contribution is 7.17. The number of nitrogens with zero attached hydrogens (tertiary/aromatic N) is 2. The van der Waals surface area contributed by atoms with Crippen molar-refractivity contribution >= 4 is 38.5 Å². The number of rotatable bonds is 5. The van der Waals surface area contributed by atoms with Crippen LogP contribution in [0, 0.1) is 5.82 Å². The lowest BCUT2D eigenvalue weighted by Gasteiger charge is -2.11. The predicted molar refractivity (Wildman–Crippen MR) is 113 cm³/mol. The Labute approximate surface area is 169 Å². The fraction of sp³-hybridized carbons (Fsp3) is 0.0909. The number of para-hydroxylation sites is 2. The van der Waals surface area contributed by atoms with Gasteiger partial charge >= 0.3 is 0 Å². The number of H-pyrrole nitrogens is 1. The van der Waals surface area contributed by atoms with Crippen molar-refractivity contribution < 1.29 is 9.18 Å². The van der Waals surface area contributed by atoms with Crippen LogP contribution in [0.1, 0.15) is 21.9 Å². The largest absolute Gasteiger partial charge is 0.344 e. The number of nitrogens with one attached hydrogen (secondary N) is 2. The molecule has 5 rings (SSSR count). The SMILES string of the molecule is O=C(NCc1nc2ccccc2[nH]1)c1cc2sccc2n1Cc1ccccc1F. The minimum absolute atomic E-state index is 0.217. The number of hydrogen-bond acceptors (Lipinski definition) is 3. The van der Waals surface area contributed by atoms with Crippen LogP contribution in [0.4, 0.5) is 4.39 Å². The standard InChI is InChI=1S/C22H17FN4OS/c23-15-6-2-1-5-14(15)13-27-18-9-10-29-20(18)11-19(27)22(28)24-12-21-25-16-7-3-4-8-17(16)26-21/h1-11H,12-13H2,(H,24,28)(H,25,26). The van der Waals surface area contributed by atoms with Gasteiger partial charge in [-0.05, 0) is 35.7 Å². The molecule has 2 aromatic carbocycles. The highest BCUT2D eigenvalue weighted by Gasteiger charge is 2.18. The molecule has 144 valence electrons. The third kappa shape index (κ3) is 3.30. The Hall–Kier alpha value is -3.45. The summed E-state index contributed by atoms with van der Waals surface area (Å²) in [6.07, 6.45) is 0. The minimum Gasteiger partial charge on any atom is -0.344 e. The van der Waals surface area contributed by atoms with Gasteiger partial charge in [0, 0.05) is 5.56 Å². The summed E-state index contributed by atoms with van der Waals surface area (Å²) < 4.78 is 17.0. The van der Waals surface area contributed by atoms with Crippen molar-refractivity contribution in [3.05, 3.63) is 88.9 Å². The van der Waals surface area contributed by atoms with Crippen LogP contribution in [-0.2, 0) is 13.1 Å². The molecule has 0 saturated carbocycles. The van der Waals surface area contributed by atoms with E-state index in [0.717, 1.165) is 21.3 Å². The van der Waals surface area contributed by atoms with Gasteiger partial charge in [0.25, 0.3) is 5.91 Å². The van der Waals surface area contributed by atoms with E-state index in [-0.39, 0.29) is 18.3 Å². The summed E-state index contributed by atoms with van der Waals surface area (Å²) in [6.45, 7) is 0.576. The van der Waals surface area contributed by atoms with E-state index < -0.39 is 0 Å². The number of thiophene rings is 1. The molecule has 5 aromatic rings. The van der Waals surface area contributed by atoms with E-state index in [1.54, 1.807) is 29.5 Å². The van der Waals surface area contributed by atoms with Crippen LogP contribution < -0.4 is 5.32 Å². The van der Waals surface area contributed by atoms with Crippen LogP contribution >= 0.6 is 11.3 Å². The van der Waals surface area contributed by atoms with Crippen molar-refractivity contribution in [1.82, 2.24) is 19.9 Å². The number of aromatic amines is 1. The smallest absolute Gasteiger partial charge is 0.268 e. The Morgan fingerprint density at radius 3 is 2.83 bits per heavy atom. The molecule has 0 aliphatic carbocycles. The topological polar surface area (TPSA) is 62.7 Å². The molecule has 0 spiro atoms. The van der Waals surface area contributed by atoms with E-state index in [0.29, 0.717) is 23.6 Å². The van der Waals surface area contributed by atoms with Crippen molar-refractivity contribution in [2.24, 2.45) is 0 Å². The Kier molecular flexibility index (Phi) is 4.37. The zero-order valence-corrected chi connectivity index (χ0v) is 16.2. The van der Waals surface area contributed by atoms with Crippen molar-refractivity contribution in [1.29, 1.82) is 0 Å². The molecule has 3 aromatic heterocycles. The van der Waals surface area contributed by atoms with Crippen LogP contribution in [0.2, 0.25) is 0 Å². The summed E-state index contributed by atoms with van der Waals surface area (Å²) in [5.41, 5.74) is 3.77. The van der Waals surface area contributed by atoms with Gasteiger partial charge in [-0.15, -0.1) is 11.3 Å². The molecular weight excluding hydrogens is 387 g/mol. The molecular formula is C22H17FN4OS. The molecule has 7 heteroatoms. The second kappa shape index (κ2) is 7.18. The Bertz CT molecular complexity index is 1300. The average Bonchev–Trinajstić information content (AvgIpc) is 3.43. The monoisotopic (exact) mass is 404 g/mol. The first-order valence-corrected chi connectivity index (χ1v) is 10.1. The van der Waals surface area contributed by atoms with E-state index in [9.17, 15) is 9.18 Å². The van der Waals surface area contributed by atoms with Gasteiger partial charge in [-0.25, -0.2) is 9.37 Å². The van der Waals surface area contributed by atoms with Gasteiger partial charge in [0.1, 0.15) is 17.3 Å². The normalized spacial score (nSPS) is 11.3. The number of carbonyl (C=O) groups excluding carboxylic acids is 1. The average molecular weight is 404 g/mol. The number of aromatic nitrogens is 3. The molecule has 0 atom stereocenters. The molecule has 29 heavy (non-hydrogen) atoms. The Morgan fingerprint density at radius 1 is 1.14 bits per heavy atom. The van der Waals surface area contributed by atoms with Gasteiger partial charge in [0.05, 0.1) is 34.3 Å². The number of carbonyl (C=O) groups is 1. The van der Waals surface area contributed by atoms with Crippen molar-refractivity contribution in [3.63, 3.8) is 0 Å². The van der Waals surface area contributed by atoms with Gasteiger partial charge < -0.3 is 14.9 Å². The maximum atomic E-state index is 14.2. The molecule has 0 unspecified atom stereocenters. The van der Waals surface area contributed by atoms with Crippen LogP contribution in [0.25, 0.3) is 21.3 Å². The molecule has 0 aliphatic heterocycles. The lowest BCUT2D eigenvalue weighted by atomic mass is 10.2. The van der Waals surface area contributed by atoms with Crippen LogP contribution in [-0.4, -0.2) is 20.4 Å². The van der Waals surface area contributed by atoms with Gasteiger partial charge in [0.15, 0.2) is 0 Å². The van der Waals surface area contributed by atoms with Gasteiger partial charge in [-0.3, -0.25) is 4.79 Å². The third-order valence-electron chi connectivity index (χ3n) is 4.90. The number of hydrogen-bond donors (Lipinski definition) is 2. The second-order valence-electron chi connectivity index (χ2n) is 6.76. The molecule has 3 heterocycles. The summed E-state index contributed by atoms with van der Waals surface area (Å²) in [5.74, 6) is 0.192.